The first-order valence-electron chi connectivity index (χ1n) is 7.89. The molecule has 3 N–H and O–H groups in total. The lowest BCUT2D eigenvalue weighted by Crippen LogP contribution is -2.39. The minimum absolute atomic E-state index is 0.0556. The summed E-state index contributed by atoms with van der Waals surface area (Å²) in [5.41, 5.74) is 0.859. The summed E-state index contributed by atoms with van der Waals surface area (Å²) >= 11 is 0. The zero-order chi connectivity index (χ0) is 16.9. The van der Waals surface area contributed by atoms with E-state index in [0.717, 1.165) is 24.5 Å². The third-order valence-electron chi connectivity index (χ3n) is 4.17. The van der Waals surface area contributed by atoms with Gasteiger partial charge in [-0.2, -0.15) is 4.98 Å². The molecule has 0 bridgehead atoms. The van der Waals surface area contributed by atoms with E-state index in [-0.39, 0.29) is 17.7 Å². The molecule has 1 aliphatic heterocycles. The lowest BCUT2D eigenvalue weighted by atomic mass is 10.2. The molecule has 2 aromatic rings. The van der Waals surface area contributed by atoms with Gasteiger partial charge >= 0.3 is 0 Å². The Hall–Kier alpha value is -2.45. The van der Waals surface area contributed by atoms with Gasteiger partial charge in [0.15, 0.2) is 0 Å². The van der Waals surface area contributed by atoms with Crippen LogP contribution in [0.3, 0.4) is 0 Å². The highest BCUT2D eigenvalue weighted by Crippen LogP contribution is 2.21. The highest BCUT2D eigenvalue weighted by Gasteiger charge is 2.33. The third kappa shape index (κ3) is 3.72. The van der Waals surface area contributed by atoms with Crippen LogP contribution in [0.1, 0.15) is 5.56 Å². The van der Waals surface area contributed by atoms with Gasteiger partial charge in [0.05, 0.1) is 12.1 Å². The first kappa shape index (κ1) is 16.4. The van der Waals surface area contributed by atoms with Gasteiger partial charge in [-0.3, -0.25) is 4.79 Å². The number of pyridine rings is 1. The molecule has 1 fully saturated rings. The molecule has 1 aliphatic rings. The van der Waals surface area contributed by atoms with Gasteiger partial charge in [0.1, 0.15) is 5.82 Å². The zero-order valence-electron chi connectivity index (χ0n) is 13.8. The fourth-order valence-electron chi connectivity index (χ4n) is 2.89. The number of hydrogen-bond donors (Lipinski definition) is 3. The summed E-state index contributed by atoms with van der Waals surface area (Å²) in [4.78, 5) is 24.8. The largest absolute Gasteiger partial charge is 0.378 e. The molecule has 3 rings (SSSR count). The molecular weight excluding hydrogens is 308 g/mol. The van der Waals surface area contributed by atoms with Crippen LogP contribution in [0.25, 0.3) is 0 Å². The second-order valence-corrected chi connectivity index (χ2v) is 5.72. The number of methoxy groups -OCH3 is 1. The van der Waals surface area contributed by atoms with E-state index in [4.69, 9.17) is 4.74 Å². The summed E-state index contributed by atoms with van der Waals surface area (Å²) in [6.45, 7) is 2.15. The summed E-state index contributed by atoms with van der Waals surface area (Å²) < 4.78 is 5.61. The molecular formula is C16H22N6O2. The first-order chi connectivity index (χ1) is 11.7. The Kier molecular flexibility index (Phi) is 5.07. The second kappa shape index (κ2) is 7.41. The highest BCUT2D eigenvalue weighted by molar-refractivity contribution is 5.44. The number of nitrogens with zero attached hydrogens (tertiary/aromatic N) is 3. The third-order valence-corrected chi connectivity index (χ3v) is 4.17. The van der Waals surface area contributed by atoms with E-state index >= 15 is 0 Å². The van der Waals surface area contributed by atoms with Crippen LogP contribution < -0.4 is 21.1 Å². The minimum Gasteiger partial charge on any atom is -0.378 e. The van der Waals surface area contributed by atoms with E-state index in [0.29, 0.717) is 12.5 Å². The first-order valence-corrected chi connectivity index (χ1v) is 7.89. The van der Waals surface area contributed by atoms with Gasteiger partial charge in [-0.15, -0.1) is 0 Å². The molecule has 2 atom stereocenters. The van der Waals surface area contributed by atoms with Crippen molar-refractivity contribution in [3.63, 3.8) is 0 Å². The lowest BCUT2D eigenvalue weighted by Gasteiger charge is -2.18. The molecule has 0 amide bonds. The Balaban J connectivity index is 1.66. The fraction of sp³-hybridized carbons (Fsp3) is 0.438. The number of nitrogens with one attached hydrogen (secondary N) is 3. The van der Waals surface area contributed by atoms with E-state index in [1.54, 1.807) is 32.6 Å². The standard InChI is InChI=1S/C16H22N6O2/c1-17-16-19-6-4-14(21-16)22-9-12(13(10-22)24-2)20-8-11-3-5-18-15(23)7-11/h3-7,12-13,20H,8-10H2,1-2H3,(H,18,23)(H,17,19,21)/t12-,13+/m1/s1. The van der Waals surface area contributed by atoms with Crippen LogP contribution >= 0.6 is 0 Å². The number of aromatic amines is 1. The predicted octanol–water partition coefficient (Wildman–Crippen LogP) is 0.200. The second-order valence-electron chi connectivity index (χ2n) is 5.72. The Morgan fingerprint density at radius 2 is 2.29 bits per heavy atom. The number of aromatic nitrogens is 3. The molecule has 0 radical (unpaired) electrons. The molecule has 3 heterocycles. The summed E-state index contributed by atoms with van der Waals surface area (Å²) in [6.07, 6.45) is 3.46. The van der Waals surface area contributed by atoms with E-state index in [9.17, 15) is 4.79 Å². The number of ether oxygens (including phenoxy) is 1. The topological polar surface area (TPSA) is 95.2 Å². The Morgan fingerprint density at radius 1 is 1.42 bits per heavy atom. The van der Waals surface area contributed by atoms with Crippen molar-refractivity contribution in [2.24, 2.45) is 0 Å². The molecule has 0 saturated carbocycles. The molecule has 0 spiro atoms. The Bertz CT molecular complexity index is 734. The van der Waals surface area contributed by atoms with Crippen LogP contribution in [0.5, 0.6) is 0 Å². The van der Waals surface area contributed by atoms with Gasteiger partial charge in [0, 0.05) is 52.3 Å². The van der Waals surface area contributed by atoms with Crippen LogP contribution in [0, 0.1) is 0 Å². The van der Waals surface area contributed by atoms with Gasteiger partial charge < -0.3 is 25.3 Å². The quantitative estimate of drug-likeness (QED) is 0.696. The van der Waals surface area contributed by atoms with E-state index < -0.39 is 0 Å². The van der Waals surface area contributed by atoms with Crippen LogP contribution in [-0.2, 0) is 11.3 Å². The van der Waals surface area contributed by atoms with E-state index in [1.807, 2.05) is 12.1 Å². The molecule has 2 aromatic heterocycles. The maximum Gasteiger partial charge on any atom is 0.248 e. The van der Waals surface area contributed by atoms with Crippen molar-refractivity contribution in [1.29, 1.82) is 0 Å². The average molecular weight is 330 g/mol. The molecule has 8 nitrogen and oxygen atoms in total. The summed E-state index contributed by atoms with van der Waals surface area (Å²) in [6, 6.07) is 5.55. The van der Waals surface area contributed by atoms with Crippen LogP contribution in [0.15, 0.2) is 35.4 Å². The van der Waals surface area contributed by atoms with Crippen molar-refractivity contribution >= 4 is 11.8 Å². The SMILES string of the molecule is CNc1nccc(N2C[C@H](OC)[C@H](NCc3cc[nH]c(=O)c3)C2)n1. The molecule has 0 aromatic carbocycles. The number of anilines is 2. The highest BCUT2D eigenvalue weighted by atomic mass is 16.5. The molecule has 1 saturated heterocycles. The summed E-state index contributed by atoms with van der Waals surface area (Å²) in [5, 5.41) is 6.43. The normalized spacial score (nSPS) is 20.3. The molecule has 0 unspecified atom stereocenters. The lowest BCUT2D eigenvalue weighted by molar-refractivity contribution is 0.0967. The van der Waals surface area contributed by atoms with Crippen molar-refractivity contribution in [2.75, 3.05) is 37.5 Å². The van der Waals surface area contributed by atoms with Crippen molar-refractivity contribution < 1.29 is 4.74 Å². The monoisotopic (exact) mass is 330 g/mol. The van der Waals surface area contributed by atoms with Crippen molar-refractivity contribution in [1.82, 2.24) is 20.3 Å². The molecule has 8 heteroatoms. The number of rotatable bonds is 6. The predicted molar refractivity (Wildman–Crippen MR) is 92.3 cm³/mol. The summed E-state index contributed by atoms with van der Waals surface area (Å²) in [5.74, 6) is 1.47. The van der Waals surface area contributed by atoms with Crippen LogP contribution in [0.2, 0.25) is 0 Å². The van der Waals surface area contributed by atoms with Crippen LogP contribution in [0.4, 0.5) is 11.8 Å². The number of H-pyrrole nitrogens is 1. The van der Waals surface area contributed by atoms with Gasteiger partial charge in [0.2, 0.25) is 11.5 Å². The van der Waals surface area contributed by atoms with E-state index in [1.165, 1.54) is 0 Å². The smallest absolute Gasteiger partial charge is 0.248 e. The molecule has 128 valence electrons. The van der Waals surface area contributed by atoms with Gasteiger partial charge in [-0.05, 0) is 17.7 Å². The maximum atomic E-state index is 11.4. The molecule has 24 heavy (non-hydrogen) atoms. The Morgan fingerprint density at radius 3 is 3.04 bits per heavy atom. The maximum absolute atomic E-state index is 11.4. The van der Waals surface area contributed by atoms with Crippen molar-refractivity contribution in [3.8, 4) is 0 Å². The zero-order valence-corrected chi connectivity index (χ0v) is 13.8. The molecule has 0 aliphatic carbocycles. The van der Waals surface area contributed by atoms with Gasteiger partial charge in [-0.25, -0.2) is 4.98 Å². The van der Waals surface area contributed by atoms with Gasteiger partial charge in [-0.1, -0.05) is 0 Å². The van der Waals surface area contributed by atoms with Crippen molar-refractivity contribution in [2.45, 2.75) is 18.7 Å². The van der Waals surface area contributed by atoms with Gasteiger partial charge in [0.25, 0.3) is 0 Å². The van der Waals surface area contributed by atoms with E-state index in [2.05, 4.69) is 30.5 Å². The fourth-order valence-corrected chi connectivity index (χ4v) is 2.89. The Labute approximate surface area is 140 Å². The average Bonchev–Trinajstić information content (AvgIpc) is 3.03. The minimum atomic E-state index is -0.0915. The number of hydrogen-bond acceptors (Lipinski definition) is 7. The summed E-state index contributed by atoms with van der Waals surface area (Å²) in [7, 11) is 3.52. The van der Waals surface area contributed by atoms with Crippen molar-refractivity contribution in [3.05, 3.63) is 46.5 Å². The van der Waals surface area contributed by atoms with Crippen LogP contribution in [-0.4, -0.2) is 54.3 Å².